The van der Waals surface area contributed by atoms with E-state index in [0.717, 1.165) is 17.0 Å². The number of carbonyl (C=O) groups is 2. The summed E-state index contributed by atoms with van der Waals surface area (Å²) in [4.78, 5) is 31.9. The Kier molecular flexibility index (Phi) is 6.03. The largest absolute Gasteiger partial charge is 0.455 e. The molecule has 0 fully saturated rings. The van der Waals surface area contributed by atoms with Gasteiger partial charge in [0.1, 0.15) is 11.5 Å². The maximum absolute atomic E-state index is 12.2. The number of amides is 1. The van der Waals surface area contributed by atoms with Crippen LogP contribution in [0.25, 0.3) is 0 Å². The minimum absolute atomic E-state index is 0.0762. The number of thiophene rings is 1. The highest BCUT2D eigenvalue weighted by Gasteiger charge is 2.18. The number of nitrogens with zero attached hydrogens (tertiary/aromatic N) is 2. The summed E-state index contributed by atoms with van der Waals surface area (Å²) in [6, 6.07) is 11.5. The number of thiazole rings is 1. The van der Waals surface area contributed by atoms with Gasteiger partial charge in [0, 0.05) is 17.2 Å². The monoisotopic (exact) mass is 400 g/mol. The van der Waals surface area contributed by atoms with Crippen LogP contribution in [0.2, 0.25) is 0 Å². The summed E-state index contributed by atoms with van der Waals surface area (Å²) >= 11 is 2.75. The lowest BCUT2D eigenvalue weighted by atomic mass is 10.1. The van der Waals surface area contributed by atoms with Gasteiger partial charge in [-0.3, -0.25) is 9.69 Å². The fraction of sp³-hybridized carbons (Fsp3) is 0.250. The number of benzene rings is 1. The van der Waals surface area contributed by atoms with Crippen molar-refractivity contribution in [2.45, 2.75) is 33.8 Å². The van der Waals surface area contributed by atoms with Crippen molar-refractivity contribution in [3.05, 3.63) is 62.8 Å². The van der Waals surface area contributed by atoms with Gasteiger partial charge in [-0.25, -0.2) is 9.78 Å². The van der Waals surface area contributed by atoms with Gasteiger partial charge < -0.3 is 4.74 Å². The molecule has 140 valence electrons. The Hall–Kier alpha value is -2.51. The second-order valence-electron chi connectivity index (χ2n) is 5.98. The summed E-state index contributed by atoms with van der Waals surface area (Å²) < 4.78 is 5.33. The molecule has 0 N–H and O–H groups in total. The van der Waals surface area contributed by atoms with Gasteiger partial charge in [-0.1, -0.05) is 19.1 Å². The molecule has 27 heavy (non-hydrogen) atoms. The van der Waals surface area contributed by atoms with Crippen LogP contribution in [-0.2, 0) is 22.6 Å². The van der Waals surface area contributed by atoms with Gasteiger partial charge in [0.05, 0.1) is 11.4 Å². The van der Waals surface area contributed by atoms with Crippen LogP contribution >= 0.6 is 22.7 Å². The van der Waals surface area contributed by atoms with Crippen LogP contribution in [-0.4, -0.2) is 16.9 Å². The van der Waals surface area contributed by atoms with E-state index in [2.05, 4.69) is 11.9 Å². The SMILES string of the molecule is CCc1ccc(N(C(C)=O)c2nc(COC(=O)c3ccc(C)s3)cs2)cc1. The van der Waals surface area contributed by atoms with E-state index in [1.54, 1.807) is 16.3 Å². The molecule has 0 atom stereocenters. The van der Waals surface area contributed by atoms with Gasteiger partial charge >= 0.3 is 5.97 Å². The van der Waals surface area contributed by atoms with Gasteiger partial charge in [0.2, 0.25) is 5.91 Å². The van der Waals surface area contributed by atoms with E-state index in [9.17, 15) is 9.59 Å². The van der Waals surface area contributed by atoms with Crippen molar-refractivity contribution in [2.75, 3.05) is 4.90 Å². The van der Waals surface area contributed by atoms with E-state index in [1.807, 2.05) is 37.3 Å². The number of ether oxygens (including phenoxy) is 1. The second-order valence-corrected chi connectivity index (χ2v) is 8.11. The highest BCUT2D eigenvalue weighted by atomic mass is 32.1. The Balaban J connectivity index is 1.71. The maximum atomic E-state index is 12.2. The van der Waals surface area contributed by atoms with Crippen molar-refractivity contribution in [3.8, 4) is 0 Å². The fourth-order valence-electron chi connectivity index (χ4n) is 2.53. The molecule has 1 aromatic carbocycles. The second kappa shape index (κ2) is 8.45. The van der Waals surface area contributed by atoms with Crippen molar-refractivity contribution in [1.29, 1.82) is 0 Å². The third kappa shape index (κ3) is 4.61. The zero-order chi connectivity index (χ0) is 19.4. The third-order valence-electron chi connectivity index (χ3n) is 3.94. The smallest absolute Gasteiger partial charge is 0.348 e. The van der Waals surface area contributed by atoms with Crippen LogP contribution in [0.3, 0.4) is 0 Å². The van der Waals surface area contributed by atoms with Crippen molar-refractivity contribution < 1.29 is 14.3 Å². The van der Waals surface area contributed by atoms with Crippen LogP contribution in [0.15, 0.2) is 41.8 Å². The summed E-state index contributed by atoms with van der Waals surface area (Å²) in [5.41, 5.74) is 2.59. The molecular weight excluding hydrogens is 380 g/mol. The van der Waals surface area contributed by atoms with Crippen molar-refractivity contribution in [1.82, 2.24) is 4.98 Å². The Morgan fingerprint density at radius 2 is 1.89 bits per heavy atom. The molecule has 0 radical (unpaired) electrons. The predicted octanol–water partition coefficient (Wildman–Crippen LogP) is 5.12. The first-order valence-electron chi connectivity index (χ1n) is 8.55. The number of hydrogen-bond donors (Lipinski definition) is 0. The molecule has 0 aliphatic carbocycles. The van der Waals surface area contributed by atoms with E-state index in [-0.39, 0.29) is 18.5 Å². The van der Waals surface area contributed by atoms with E-state index >= 15 is 0 Å². The summed E-state index contributed by atoms with van der Waals surface area (Å²) in [7, 11) is 0. The highest BCUT2D eigenvalue weighted by molar-refractivity contribution is 7.14. The number of esters is 1. The first kappa shape index (κ1) is 19.3. The number of aromatic nitrogens is 1. The minimum Gasteiger partial charge on any atom is -0.455 e. The van der Waals surface area contributed by atoms with Crippen LogP contribution < -0.4 is 4.90 Å². The van der Waals surface area contributed by atoms with E-state index in [1.165, 1.54) is 35.2 Å². The lowest BCUT2D eigenvalue weighted by Gasteiger charge is -2.18. The Labute approximate surface area is 166 Å². The van der Waals surface area contributed by atoms with Gasteiger partial charge in [0.25, 0.3) is 0 Å². The molecule has 0 aliphatic rings. The molecule has 2 heterocycles. The predicted molar refractivity (Wildman–Crippen MR) is 109 cm³/mol. The normalized spacial score (nSPS) is 10.6. The zero-order valence-electron chi connectivity index (χ0n) is 15.4. The Bertz CT molecular complexity index is 944. The molecule has 0 saturated heterocycles. The number of carbonyl (C=O) groups excluding carboxylic acids is 2. The average Bonchev–Trinajstić information content (AvgIpc) is 3.29. The van der Waals surface area contributed by atoms with Crippen molar-refractivity contribution >= 4 is 45.4 Å². The average molecular weight is 401 g/mol. The minimum atomic E-state index is -0.360. The summed E-state index contributed by atoms with van der Waals surface area (Å²) in [5.74, 6) is -0.479. The number of aryl methyl sites for hydroxylation is 2. The van der Waals surface area contributed by atoms with Gasteiger partial charge in [-0.05, 0) is 43.2 Å². The van der Waals surface area contributed by atoms with Gasteiger partial charge in [-0.15, -0.1) is 22.7 Å². The van der Waals surface area contributed by atoms with Crippen molar-refractivity contribution in [2.24, 2.45) is 0 Å². The lowest BCUT2D eigenvalue weighted by molar-refractivity contribution is -0.115. The summed E-state index contributed by atoms with van der Waals surface area (Å²) in [5, 5.41) is 2.36. The fourth-order valence-corrected chi connectivity index (χ4v) is 4.16. The van der Waals surface area contributed by atoms with E-state index < -0.39 is 0 Å². The highest BCUT2D eigenvalue weighted by Crippen LogP contribution is 2.29. The molecule has 0 aliphatic heterocycles. The standard InChI is InChI=1S/C20H20N2O3S2/c1-4-15-6-8-17(9-7-15)22(14(3)23)20-21-16(12-26-20)11-25-19(24)18-10-5-13(2)27-18/h5-10,12H,4,11H2,1-3H3. The Morgan fingerprint density at radius 3 is 2.48 bits per heavy atom. The topological polar surface area (TPSA) is 59.5 Å². The first-order valence-corrected chi connectivity index (χ1v) is 10.2. The lowest BCUT2D eigenvalue weighted by Crippen LogP contribution is -2.22. The third-order valence-corrected chi connectivity index (χ3v) is 5.80. The van der Waals surface area contributed by atoms with E-state index in [0.29, 0.717) is 15.7 Å². The number of hydrogen-bond acceptors (Lipinski definition) is 6. The molecule has 1 amide bonds. The summed E-state index contributed by atoms with van der Waals surface area (Å²) in [6.45, 7) is 5.61. The molecule has 0 bridgehead atoms. The summed E-state index contributed by atoms with van der Waals surface area (Å²) in [6.07, 6.45) is 0.941. The van der Waals surface area contributed by atoms with Crippen LogP contribution in [0.5, 0.6) is 0 Å². The number of rotatable bonds is 6. The molecule has 0 saturated carbocycles. The maximum Gasteiger partial charge on any atom is 0.348 e. The quantitative estimate of drug-likeness (QED) is 0.539. The van der Waals surface area contributed by atoms with Crippen LogP contribution in [0.4, 0.5) is 10.8 Å². The molecular formula is C20H20N2O3S2. The molecule has 7 heteroatoms. The van der Waals surface area contributed by atoms with Gasteiger partial charge in [0.15, 0.2) is 5.13 Å². The Morgan fingerprint density at radius 1 is 1.15 bits per heavy atom. The zero-order valence-corrected chi connectivity index (χ0v) is 17.0. The van der Waals surface area contributed by atoms with Crippen LogP contribution in [0.1, 0.15) is 39.7 Å². The first-order chi connectivity index (χ1) is 13.0. The van der Waals surface area contributed by atoms with Gasteiger partial charge in [-0.2, -0.15) is 0 Å². The molecule has 0 spiro atoms. The molecule has 3 aromatic rings. The molecule has 5 nitrogen and oxygen atoms in total. The number of anilines is 2. The molecule has 3 rings (SSSR count). The van der Waals surface area contributed by atoms with Crippen LogP contribution in [0, 0.1) is 6.92 Å². The van der Waals surface area contributed by atoms with E-state index in [4.69, 9.17) is 4.74 Å². The van der Waals surface area contributed by atoms with Crippen molar-refractivity contribution in [3.63, 3.8) is 0 Å². The molecule has 2 aromatic heterocycles. The molecule has 0 unspecified atom stereocenters.